The second-order valence-corrected chi connectivity index (χ2v) is 6.17. The highest BCUT2D eigenvalue weighted by atomic mass is 32.2. The number of anilines is 1. The Bertz CT molecular complexity index is 753. The number of rotatable bonds is 7. The lowest BCUT2D eigenvalue weighted by Crippen LogP contribution is -2.24. The van der Waals surface area contributed by atoms with Crippen LogP contribution >= 0.6 is 11.9 Å². The molecule has 1 aliphatic rings. The summed E-state index contributed by atoms with van der Waals surface area (Å²) in [5.41, 5.74) is 4.21. The van der Waals surface area contributed by atoms with E-state index in [1.54, 1.807) is 6.07 Å². The summed E-state index contributed by atoms with van der Waals surface area (Å²) in [5.74, 6) is 0.204. The molecule has 1 heterocycles. The Morgan fingerprint density at radius 3 is 3.12 bits per heavy atom. The molecule has 1 unspecified atom stereocenters. The first-order chi connectivity index (χ1) is 12.2. The van der Waals surface area contributed by atoms with E-state index in [0.29, 0.717) is 18.9 Å². The molecule has 0 aliphatic heterocycles. The minimum Gasteiger partial charge on any atom is -0.364 e. The first-order valence-electron chi connectivity index (χ1n) is 7.81. The molecule has 10 heteroatoms. The van der Waals surface area contributed by atoms with E-state index in [4.69, 9.17) is 4.63 Å². The van der Waals surface area contributed by atoms with Gasteiger partial charge in [0.05, 0.1) is 6.04 Å². The van der Waals surface area contributed by atoms with Crippen molar-refractivity contribution in [2.45, 2.75) is 18.9 Å². The maximum atomic E-state index is 13.5. The van der Waals surface area contributed by atoms with Crippen LogP contribution in [0.2, 0.25) is 0 Å². The van der Waals surface area contributed by atoms with E-state index in [0.717, 1.165) is 24.0 Å². The van der Waals surface area contributed by atoms with Crippen LogP contribution in [-0.2, 0) is 6.42 Å². The number of nitrogens with zero attached hydrogens (tertiary/aromatic N) is 3. The molecule has 0 radical (unpaired) electrons. The number of aromatic nitrogens is 2. The molecule has 0 bridgehead atoms. The van der Waals surface area contributed by atoms with Gasteiger partial charge in [0.25, 0.3) is 0 Å². The molecule has 0 spiro atoms. The third-order valence-corrected chi connectivity index (χ3v) is 4.41. The molecule has 1 aromatic carbocycles. The molecule has 0 fully saturated rings. The second-order valence-electron chi connectivity index (χ2n) is 5.47. The van der Waals surface area contributed by atoms with Crippen LogP contribution in [-0.4, -0.2) is 40.7 Å². The molecule has 1 atom stereocenters. The van der Waals surface area contributed by atoms with Crippen molar-refractivity contribution < 1.29 is 14.2 Å². The maximum Gasteiger partial charge on any atom is 0.202 e. The summed E-state index contributed by atoms with van der Waals surface area (Å²) in [4.78, 5) is 4.49. The second kappa shape index (κ2) is 8.28. The number of benzene rings is 1. The van der Waals surface area contributed by atoms with Crippen molar-refractivity contribution in [1.29, 1.82) is 0 Å². The largest absolute Gasteiger partial charge is 0.364 e. The fourth-order valence-electron chi connectivity index (χ4n) is 2.78. The number of nitrogens with one attached hydrogen (secondary N) is 3. The molecular formula is C15H19FN6O2S. The van der Waals surface area contributed by atoms with E-state index >= 15 is 0 Å². The zero-order chi connectivity index (χ0) is 17.6. The number of hydroxylamine groups is 1. The number of hydrogen-bond donors (Lipinski definition) is 4. The molecule has 2 aromatic rings. The molecule has 0 saturated heterocycles. The Morgan fingerprint density at radius 2 is 2.32 bits per heavy atom. The van der Waals surface area contributed by atoms with Crippen LogP contribution in [0, 0.1) is 5.82 Å². The molecule has 4 N–H and O–H groups in total. The third-order valence-electron chi connectivity index (χ3n) is 3.92. The summed E-state index contributed by atoms with van der Waals surface area (Å²) in [6.07, 6.45) is 3.48. The molecule has 1 aromatic heterocycles. The van der Waals surface area contributed by atoms with E-state index in [-0.39, 0.29) is 23.4 Å². The van der Waals surface area contributed by atoms with E-state index in [1.807, 2.05) is 6.26 Å². The zero-order valence-electron chi connectivity index (χ0n) is 13.6. The summed E-state index contributed by atoms with van der Waals surface area (Å²) < 4.78 is 21.4. The predicted octanol–water partition coefficient (Wildman–Crippen LogP) is 1.90. The van der Waals surface area contributed by atoms with Crippen molar-refractivity contribution in [2.75, 3.05) is 24.7 Å². The topological polar surface area (TPSA) is 108 Å². The predicted molar refractivity (Wildman–Crippen MR) is 93.2 cm³/mol. The average Bonchev–Trinajstić information content (AvgIpc) is 3.23. The molecule has 1 aliphatic carbocycles. The maximum absolute atomic E-state index is 13.5. The van der Waals surface area contributed by atoms with E-state index < -0.39 is 0 Å². The number of fused-ring (bicyclic) bond motifs is 1. The van der Waals surface area contributed by atoms with Crippen molar-refractivity contribution >= 4 is 23.6 Å². The van der Waals surface area contributed by atoms with Gasteiger partial charge >= 0.3 is 0 Å². The molecule has 0 amide bonds. The minimum absolute atomic E-state index is 0.128. The zero-order valence-corrected chi connectivity index (χ0v) is 14.4. The van der Waals surface area contributed by atoms with Gasteiger partial charge in [0.1, 0.15) is 5.82 Å². The summed E-state index contributed by atoms with van der Waals surface area (Å²) in [6.45, 7) is 1.31. The van der Waals surface area contributed by atoms with Crippen LogP contribution in [0.4, 0.5) is 10.2 Å². The SMILES string of the molecule is CSNCCNc1nonc1C(=NC1CCc2ccc(F)cc21)NO. The highest BCUT2D eigenvalue weighted by Gasteiger charge is 2.25. The highest BCUT2D eigenvalue weighted by molar-refractivity contribution is 7.96. The summed E-state index contributed by atoms with van der Waals surface area (Å²) in [7, 11) is 0. The van der Waals surface area contributed by atoms with Crippen LogP contribution < -0.4 is 15.5 Å². The van der Waals surface area contributed by atoms with Gasteiger partial charge in [-0.1, -0.05) is 18.0 Å². The van der Waals surface area contributed by atoms with Crippen LogP contribution in [0.25, 0.3) is 0 Å². The van der Waals surface area contributed by atoms with Crippen LogP contribution in [0.3, 0.4) is 0 Å². The van der Waals surface area contributed by atoms with E-state index in [1.165, 1.54) is 24.1 Å². The van der Waals surface area contributed by atoms with Crippen molar-refractivity contribution in [3.8, 4) is 0 Å². The Labute approximate surface area is 148 Å². The molecule has 134 valence electrons. The molecule has 25 heavy (non-hydrogen) atoms. The van der Waals surface area contributed by atoms with Gasteiger partial charge in [-0.2, -0.15) is 0 Å². The van der Waals surface area contributed by atoms with Crippen molar-refractivity contribution in [1.82, 2.24) is 20.5 Å². The van der Waals surface area contributed by atoms with Gasteiger partial charge in [-0.15, -0.1) is 0 Å². The number of aryl methyl sites for hydroxylation is 1. The van der Waals surface area contributed by atoms with Gasteiger partial charge in [0.2, 0.25) is 5.82 Å². The van der Waals surface area contributed by atoms with Gasteiger partial charge in [-0.25, -0.2) is 9.02 Å². The van der Waals surface area contributed by atoms with Gasteiger partial charge in [0, 0.05) is 13.1 Å². The number of hydrogen-bond acceptors (Lipinski definition) is 8. The first-order valence-corrected chi connectivity index (χ1v) is 9.04. The normalized spacial score (nSPS) is 16.8. The van der Waals surface area contributed by atoms with Crippen LogP contribution in [0.15, 0.2) is 27.8 Å². The lowest BCUT2D eigenvalue weighted by molar-refractivity contribution is 0.233. The first kappa shape index (κ1) is 17.6. The fraction of sp³-hybridized carbons (Fsp3) is 0.400. The summed E-state index contributed by atoms with van der Waals surface area (Å²) >= 11 is 1.51. The van der Waals surface area contributed by atoms with Crippen LogP contribution in [0.5, 0.6) is 0 Å². The van der Waals surface area contributed by atoms with Gasteiger partial charge in [0.15, 0.2) is 11.5 Å². The fourth-order valence-corrected chi connectivity index (χ4v) is 3.08. The summed E-state index contributed by atoms with van der Waals surface area (Å²) in [6, 6.07) is 4.45. The van der Waals surface area contributed by atoms with E-state index in [9.17, 15) is 9.60 Å². The lowest BCUT2D eigenvalue weighted by Gasteiger charge is -2.10. The van der Waals surface area contributed by atoms with Gasteiger partial charge in [-0.3, -0.25) is 20.4 Å². The Balaban J connectivity index is 1.79. The van der Waals surface area contributed by atoms with Crippen molar-refractivity contribution in [2.24, 2.45) is 4.99 Å². The Kier molecular flexibility index (Phi) is 5.84. The molecule has 8 nitrogen and oxygen atoms in total. The van der Waals surface area contributed by atoms with Gasteiger partial charge < -0.3 is 5.32 Å². The average molecular weight is 366 g/mol. The lowest BCUT2D eigenvalue weighted by atomic mass is 10.1. The summed E-state index contributed by atoms with van der Waals surface area (Å²) in [5, 5.41) is 20.1. The number of halogens is 1. The van der Waals surface area contributed by atoms with Crippen molar-refractivity contribution in [3.63, 3.8) is 0 Å². The molecule has 3 rings (SSSR count). The Morgan fingerprint density at radius 1 is 1.44 bits per heavy atom. The molecular weight excluding hydrogens is 347 g/mol. The number of amidine groups is 1. The third kappa shape index (κ3) is 4.09. The monoisotopic (exact) mass is 366 g/mol. The highest BCUT2D eigenvalue weighted by Crippen LogP contribution is 2.34. The standard InChI is InChI=1S/C15H19FN6O2S/c1-25-18-7-6-17-14-13(21-24-22-14)15(20-23)19-12-5-3-9-2-4-10(16)8-11(9)12/h2,4,8,12,18,23H,3,5-7H2,1H3,(H,17,22)(H,19,20). The molecule has 0 saturated carbocycles. The Hall–Kier alpha value is -2.17. The van der Waals surface area contributed by atoms with Crippen molar-refractivity contribution in [3.05, 3.63) is 40.8 Å². The quantitative estimate of drug-likeness (QED) is 0.193. The smallest absolute Gasteiger partial charge is 0.202 e. The minimum atomic E-state index is -0.300. The van der Waals surface area contributed by atoms with E-state index in [2.05, 4.69) is 30.8 Å². The van der Waals surface area contributed by atoms with Gasteiger partial charge in [-0.05, 0) is 52.7 Å². The number of aliphatic imine (C=N–C) groups is 1. The van der Waals surface area contributed by atoms with Crippen LogP contribution in [0.1, 0.15) is 29.3 Å².